The second-order valence-electron chi connectivity index (χ2n) is 16.5. The summed E-state index contributed by atoms with van der Waals surface area (Å²) in [6.45, 7) is -3.47. The van der Waals surface area contributed by atoms with Gasteiger partial charge < -0.3 is 78.7 Å². The average molecular weight is 1150 g/mol. The van der Waals surface area contributed by atoms with Gasteiger partial charge in [-0.1, -0.05) is 4.98 Å². The van der Waals surface area contributed by atoms with Crippen LogP contribution in [0.4, 0.5) is 11.8 Å². The molecule has 0 aliphatic carbocycles. The lowest BCUT2D eigenvalue weighted by atomic mass is 9.99. The molecule has 414 valence electrons. The fraction of sp³-hybridized carbons (Fsp3) is 0.588. The summed E-state index contributed by atoms with van der Waals surface area (Å²) >= 11 is 0. The number of hydrogen-bond acceptors (Lipinski definition) is 28. The van der Waals surface area contributed by atoms with Gasteiger partial charge in [0.15, 0.2) is 30.2 Å². The van der Waals surface area contributed by atoms with Gasteiger partial charge in [0.05, 0.1) is 45.9 Å². The molecule has 0 saturated carbocycles. The Morgan fingerprint density at radius 1 is 0.787 bits per heavy atom. The topological polar surface area (TPSA) is 508 Å². The van der Waals surface area contributed by atoms with Crippen LogP contribution in [0.3, 0.4) is 0 Å². The molecule has 11 N–H and O–H groups in total. The maximum absolute atomic E-state index is 13.6. The largest absolute Gasteiger partial charge is 0.756 e. The molecule has 0 bridgehead atoms. The molecule has 8 rings (SSSR count). The fourth-order valence-electron chi connectivity index (χ4n) is 8.50. The van der Waals surface area contributed by atoms with Crippen molar-refractivity contribution in [3.8, 4) is 0 Å². The number of nitrogens with zero attached hydrogens (tertiary/aromatic N) is 8. The number of aryl methyl sites for hydroxylation is 1. The van der Waals surface area contributed by atoms with Crippen LogP contribution in [0.5, 0.6) is 0 Å². The van der Waals surface area contributed by atoms with Crippen LogP contribution in [0, 0.1) is 5.92 Å². The molecule has 41 heteroatoms. The molecule has 3 aliphatic heterocycles. The van der Waals surface area contributed by atoms with Crippen LogP contribution in [0.15, 0.2) is 45.6 Å². The first-order valence-corrected chi connectivity index (χ1v) is 27.4. The Bertz CT molecular complexity index is 3280. The van der Waals surface area contributed by atoms with E-state index in [1.165, 1.54) is 34.2 Å². The van der Waals surface area contributed by atoms with Crippen molar-refractivity contribution in [1.82, 2.24) is 43.6 Å². The van der Waals surface area contributed by atoms with Gasteiger partial charge in [-0.25, -0.2) is 38.0 Å². The van der Waals surface area contributed by atoms with E-state index in [1.807, 2.05) is 4.98 Å². The van der Waals surface area contributed by atoms with E-state index in [-0.39, 0.29) is 40.7 Å². The Balaban J connectivity index is 0.943. The first-order valence-electron chi connectivity index (χ1n) is 21.5. The summed E-state index contributed by atoms with van der Waals surface area (Å²) in [4.78, 5) is 102. The molecule has 5 aromatic heterocycles. The van der Waals surface area contributed by atoms with Crippen LogP contribution in [0.1, 0.15) is 18.7 Å². The molecule has 3 saturated heterocycles. The third-order valence-corrected chi connectivity index (χ3v) is 17.0. The third kappa shape index (κ3) is 12.1. The Hall–Kier alpha value is -4.62. The number of fused-ring (bicyclic) bond motifs is 2. The lowest BCUT2D eigenvalue weighted by Gasteiger charge is -2.31. The number of nitrogen functional groups attached to an aromatic ring is 2. The molecule has 75 heavy (non-hydrogen) atoms. The number of phosphoric acid groups is 4. The van der Waals surface area contributed by atoms with E-state index in [0.29, 0.717) is 0 Å². The van der Waals surface area contributed by atoms with Crippen molar-refractivity contribution in [3.63, 3.8) is 0 Å². The monoisotopic (exact) mass is 1150 g/mol. The summed E-state index contributed by atoms with van der Waals surface area (Å²) in [6, 6.07) is 0.985. The van der Waals surface area contributed by atoms with E-state index in [1.54, 1.807) is 0 Å². The minimum Gasteiger partial charge on any atom is -0.756 e. The van der Waals surface area contributed by atoms with Crippen molar-refractivity contribution >= 4 is 65.4 Å². The minimum atomic E-state index is -6.18. The minimum absolute atomic E-state index is 0.00643. The van der Waals surface area contributed by atoms with Gasteiger partial charge in [-0.05, 0) is 0 Å². The summed E-state index contributed by atoms with van der Waals surface area (Å²) in [5.74, 6) is -1.39. The highest BCUT2D eigenvalue weighted by atomic mass is 31.3. The first-order chi connectivity index (χ1) is 35.3. The summed E-state index contributed by atoms with van der Waals surface area (Å²) in [6.07, 6.45) is -12.3. The smallest absolute Gasteiger partial charge is 0.490 e. The quantitative estimate of drug-likeness (QED) is 0.0236. The number of H-pyrrole nitrogens is 2. The number of imidazole rings is 2. The number of anilines is 2. The van der Waals surface area contributed by atoms with Crippen LogP contribution in [-0.2, 0) is 80.4 Å². The molecule has 0 aromatic carbocycles. The first kappa shape index (κ1) is 56.6. The van der Waals surface area contributed by atoms with E-state index < -0.39 is 141 Å². The van der Waals surface area contributed by atoms with Gasteiger partial charge in [0, 0.05) is 39.5 Å². The molecule has 0 amide bonds. The molecular weight excluding hydrogens is 1100 g/mol. The molecule has 16 atom stereocenters. The Labute approximate surface area is 418 Å². The van der Waals surface area contributed by atoms with Gasteiger partial charge in [-0.15, -0.1) is 0 Å². The number of hydrogen-bond donors (Lipinski definition) is 9. The average Bonchev–Trinajstić information content (AvgIpc) is 4.12. The summed E-state index contributed by atoms with van der Waals surface area (Å²) < 4.78 is 120. The van der Waals surface area contributed by atoms with Crippen LogP contribution in [0.25, 0.3) is 22.3 Å². The molecule has 0 spiro atoms. The molecule has 3 aliphatic rings. The van der Waals surface area contributed by atoms with E-state index >= 15 is 0 Å². The predicted octanol–water partition coefficient (Wildman–Crippen LogP) is -3.95. The number of aliphatic hydroxyl groups is 2. The number of phosphoric ester groups is 3. The predicted molar refractivity (Wildman–Crippen MR) is 240 cm³/mol. The van der Waals surface area contributed by atoms with Crippen LogP contribution in [0.2, 0.25) is 0 Å². The van der Waals surface area contributed by atoms with Crippen molar-refractivity contribution < 1.29 is 108 Å². The zero-order valence-electron chi connectivity index (χ0n) is 39.1. The summed E-state index contributed by atoms with van der Waals surface area (Å²) in [7, 11) is -18.6. The van der Waals surface area contributed by atoms with Crippen LogP contribution in [-0.4, -0.2) is 165 Å². The zero-order valence-corrected chi connectivity index (χ0v) is 42.6. The van der Waals surface area contributed by atoms with Crippen molar-refractivity contribution in [2.45, 2.75) is 67.5 Å². The molecule has 3 fully saturated rings. The van der Waals surface area contributed by atoms with Gasteiger partial charge in [0.2, 0.25) is 11.7 Å². The van der Waals surface area contributed by atoms with E-state index in [4.69, 9.17) is 58.0 Å². The highest BCUT2D eigenvalue weighted by Crippen LogP contribution is 2.68. The fourth-order valence-corrected chi connectivity index (χ4v) is 13.0. The SMILES string of the molecule is COC[C@H]1[C@@H](O)[C@H]([n+]2cn(C)c3c(=O)[nH]c(N)nc32)O[C@@H]1COP(=O)(O)OP(=O)(O)OP(=O)(O)OC[C@H]1O[C@@H](n2cnc3c(N)ncnc32)[C@H](OC)[C@@H]1OP(=O)([O-])OC[C@H]1O[C@@H](n2ccc(=O)[nH]c2=O)[C@H](OC)[C@@H]1O. The number of nitrogens with two attached hydrogens (primary N) is 2. The molecule has 37 nitrogen and oxygen atoms in total. The Kier molecular flexibility index (Phi) is 16.6. The van der Waals surface area contributed by atoms with Crippen LogP contribution < -0.4 is 37.7 Å². The van der Waals surface area contributed by atoms with Gasteiger partial charge in [0.25, 0.3) is 24.9 Å². The van der Waals surface area contributed by atoms with Crippen molar-refractivity contribution in [2.75, 3.05) is 59.2 Å². The maximum atomic E-state index is 13.6. The van der Waals surface area contributed by atoms with Gasteiger partial charge in [-0.2, -0.15) is 8.62 Å². The van der Waals surface area contributed by atoms with Gasteiger partial charge in [-0.3, -0.25) is 46.9 Å². The highest BCUT2D eigenvalue weighted by molar-refractivity contribution is 7.66. The van der Waals surface area contributed by atoms with Gasteiger partial charge in [0.1, 0.15) is 54.6 Å². The number of aromatic nitrogens is 10. The van der Waals surface area contributed by atoms with Crippen molar-refractivity contribution in [1.29, 1.82) is 0 Å². The van der Waals surface area contributed by atoms with Gasteiger partial charge >= 0.3 is 34.8 Å². The van der Waals surface area contributed by atoms with E-state index in [9.17, 15) is 62.4 Å². The second-order valence-corrected chi connectivity index (χ2v) is 22.5. The Morgan fingerprint density at radius 3 is 2.08 bits per heavy atom. The summed E-state index contributed by atoms with van der Waals surface area (Å²) in [5.41, 5.74) is 9.41. The number of aromatic amines is 2. The Morgan fingerprint density at radius 2 is 1.43 bits per heavy atom. The zero-order chi connectivity index (χ0) is 54.5. The number of aliphatic hydroxyl groups excluding tert-OH is 2. The molecule has 5 aromatic rings. The normalized spacial score (nSPS) is 30.4. The number of ether oxygens (including phenoxy) is 6. The lowest BCUT2D eigenvalue weighted by molar-refractivity contribution is -0.745. The second kappa shape index (κ2) is 22.0. The number of methoxy groups -OCH3 is 3. The van der Waals surface area contributed by atoms with Crippen molar-refractivity contribution in [2.24, 2.45) is 13.0 Å². The van der Waals surface area contributed by atoms with Crippen molar-refractivity contribution in [3.05, 3.63) is 62.4 Å². The molecule has 0 radical (unpaired) electrons. The van der Waals surface area contributed by atoms with Crippen LogP contribution >= 0.6 is 31.3 Å². The lowest BCUT2D eigenvalue weighted by Crippen LogP contribution is -2.45. The molecule has 8 heterocycles. The number of rotatable bonds is 22. The summed E-state index contributed by atoms with van der Waals surface area (Å²) in [5, 5.41) is 22.2. The standard InChI is InChI=1S/C34H48N12O25P4/c1-43-13-46(28-20(43)29(50)42-33(36)41-28)30-21(48)14(7-60-2)15(66-30)8-64-73(54,55)70-75(58,59)71-74(56,57)65-10-17-23(25(62-4)32(68-17)45-12-39-19-26(35)37-11-38-27(19)45)69-72(52,53)63-9-16-22(49)24(61-3)31(67-16)44-6-5-18(47)40-34(44)51/h5-6,11-17,21-25,30-32,48-49H,7-10H2,1-4H3,(H9-,35,36,37,38,40,41,42,47,50,51,52,53,54,55,56,57,58,59)/t14-,15-,16-,17-,21-,22-,23-,24-,25-,30-,31-,32-/m1/s1. The molecule has 4 unspecified atom stereocenters. The highest BCUT2D eigenvalue weighted by Gasteiger charge is 2.53. The van der Waals surface area contributed by atoms with E-state index in [0.717, 1.165) is 43.7 Å². The van der Waals surface area contributed by atoms with E-state index in [2.05, 4.69) is 33.5 Å². The third-order valence-electron chi connectivity index (χ3n) is 11.7. The molecular formula is C34H48N12O25P4. The maximum Gasteiger partial charge on any atom is 0.490 e. The number of nitrogens with one attached hydrogen (secondary N) is 2.